The molecule has 0 aliphatic carbocycles. The van der Waals surface area contributed by atoms with E-state index in [1.807, 2.05) is 36.5 Å². The van der Waals surface area contributed by atoms with Crippen molar-refractivity contribution in [2.75, 3.05) is 5.32 Å². The first kappa shape index (κ1) is 22.1. The monoisotopic (exact) mass is 501 g/mol. The van der Waals surface area contributed by atoms with Crippen molar-refractivity contribution in [3.63, 3.8) is 0 Å². The highest BCUT2D eigenvalue weighted by molar-refractivity contribution is 9.10. The average Bonchev–Trinajstić information content (AvgIpc) is 3.13. The van der Waals surface area contributed by atoms with Gasteiger partial charge in [-0.1, -0.05) is 30.3 Å². The number of H-pyrrole nitrogens is 1. The third-order valence-electron chi connectivity index (χ3n) is 5.21. The first-order valence-corrected chi connectivity index (χ1v) is 10.7. The van der Waals surface area contributed by atoms with Gasteiger partial charge in [0.15, 0.2) is 0 Å². The van der Waals surface area contributed by atoms with E-state index in [2.05, 4.69) is 31.2 Å². The minimum atomic E-state index is -4.46. The summed E-state index contributed by atoms with van der Waals surface area (Å²) in [6.07, 6.45) is -0.228. The number of nitrogens with one attached hydrogen (secondary N) is 2. The third kappa shape index (κ3) is 4.85. The van der Waals surface area contributed by atoms with Crippen LogP contribution in [-0.4, -0.2) is 15.9 Å². The molecule has 0 aliphatic rings. The summed E-state index contributed by atoms with van der Waals surface area (Å²) in [4.78, 5) is 19.8. The molecule has 164 valence electrons. The number of anilines is 1. The van der Waals surface area contributed by atoms with Crippen molar-refractivity contribution in [3.8, 4) is 11.1 Å². The average molecular weight is 502 g/mol. The van der Waals surface area contributed by atoms with E-state index in [-0.39, 0.29) is 23.6 Å². The minimum absolute atomic E-state index is 0.117. The molecule has 0 spiro atoms. The smallest absolute Gasteiger partial charge is 0.345 e. The Morgan fingerprint density at radius 1 is 1.12 bits per heavy atom. The van der Waals surface area contributed by atoms with Crippen molar-refractivity contribution in [1.29, 1.82) is 0 Å². The maximum Gasteiger partial charge on any atom is 0.416 e. The lowest BCUT2D eigenvalue weighted by molar-refractivity contribution is -0.138. The number of aryl methyl sites for hydroxylation is 2. The molecule has 0 aliphatic heterocycles. The SMILES string of the molecule is Cc1ccc(NC(=O)CCc2cccc(-c3cnc4[nH]cc(Br)c4c3)c2)cc1C(F)(F)F. The summed E-state index contributed by atoms with van der Waals surface area (Å²) in [5.41, 5.74) is 3.17. The Labute approximate surface area is 191 Å². The van der Waals surface area contributed by atoms with Crippen LogP contribution in [0.2, 0.25) is 0 Å². The van der Waals surface area contributed by atoms with Crippen molar-refractivity contribution in [1.82, 2.24) is 9.97 Å². The summed E-state index contributed by atoms with van der Waals surface area (Å²) in [6, 6.07) is 13.6. The molecule has 0 saturated carbocycles. The highest BCUT2D eigenvalue weighted by atomic mass is 79.9. The number of rotatable bonds is 5. The zero-order chi connectivity index (χ0) is 22.9. The van der Waals surface area contributed by atoms with Crippen LogP contribution in [0.1, 0.15) is 23.1 Å². The van der Waals surface area contributed by atoms with Gasteiger partial charge in [-0.3, -0.25) is 4.79 Å². The summed E-state index contributed by atoms with van der Waals surface area (Å²) in [6.45, 7) is 1.39. The number of benzene rings is 2. The quantitative estimate of drug-likeness (QED) is 0.312. The Bertz CT molecular complexity index is 1300. The second kappa shape index (κ2) is 8.78. The van der Waals surface area contributed by atoms with E-state index in [9.17, 15) is 18.0 Å². The van der Waals surface area contributed by atoms with Crippen LogP contribution >= 0.6 is 15.9 Å². The molecule has 4 aromatic rings. The Hall–Kier alpha value is -3.13. The Morgan fingerprint density at radius 2 is 1.94 bits per heavy atom. The van der Waals surface area contributed by atoms with Gasteiger partial charge in [-0.15, -0.1) is 0 Å². The van der Waals surface area contributed by atoms with Gasteiger partial charge in [0, 0.05) is 39.9 Å². The zero-order valence-corrected chi connectivity index (χ0v) is 18.6. The van der Waals surface area contributed by atoms with Crippen LogP contribution < -0.4 is 5.32 Å². The van der Waals surface area contributed by atoms with Gasteiger partial charge in [-0.25, -0.2) is 4.98 Å². The molecule has 0 atom stereocenters. The van der Waals surface area contributed by atoms with Crippen molar-refractivity contribution < 1.29 is 18.0 Å². The maximum atomic E-state index is 13.1. The van der Waals surface area contributed by atoms with Crippen molar-refractivity contribution >= 4 is 38.6 Å². The molecule has 0 radical (unpaired) electrons. The Kier molecular flexibility index (Phi) is 6.06. The van der Waals surface area contributed by atoms with E-state index in [1.54, 1.807) is 6.20 Å². The summed E-state index contributed by atoms with van der Waals surface area (Å²) in [7, 11) is 0. The number of alkyl halides is 3. The van der Waals surface area contributed by atoms with Gasteiger partial charge in [-0.2, -0.15) is 13.2 Å². The lowest BCUT2D eigenvalue weighted by Gasteiger charge is -2.13. The van der Waals surface area contributed by atoms with Crippen LogP contribution in [-0.2, 0) is 17.4 Å². The van der Waals surface area contributed by atoms with Gasteiger partial charge in [0.1, 0.15) is 5.65 Å². The van der Waals surface area contributed by atoms with Crippen LogP contribution in [0.15, 0.2) is 65.4 Å². The molecular formula is C24H19BrF3N3O. The lowest BCUT2D eigenvalue weighted by Crippen LogP contribution is -2.14. The number of carbonyl (C=O) groups excluding carboxylic acids is 1. The number of aromatic nitrogens is 2. The second-order valence-electron chi connectivity index (χ2n) is 7.53. The lowest BCUT2D eigenvalue weighted by atomic mass is 10.0. The van der Waals surface area contributed by atoms with Crippen LogP contribution in [0.4, 0.5) is 18.9 Å². The molecule has 4 nitrogen and oxygen atoms in total. The standard InChI is InChI=1S/C24H19BrF3N3O/c1-14-5-7-18(11-20(14)24(26,27)28)31-22(32)8-6-15-3-2-4-16(9-15)17-10-19-21(25)13-30-23(19)29-12-17/h2-5,7,9-13H,6,8H2,1H3,(H,29,30)(H,31,32). The fourth-order valence-electron chi connectivity index (χ4n) is 3.52. The van der Waals surface area contributed by atoms with E-state index < -0.39 is 11.7 Å². The summed E-state index contributed by atoms with van der Waals surface area (Å²) in [5, 5.41) is 3.54. The maximum absolute atomic E-state index is 13.1. The molecule has 2 N–H and O–H groups in total. The molecule has 0 fully saturated rings. The highest BCUT2D eigenvalue weighted by Crippen LogP contribution is 2.33. The molecule has 0 bridgehead atoms. The van der Waals surface area contributed by atoms with E-state index in [0.29, 0.717) is 6.42 Å². The molecule has 1 amide bonds. The molecule has 32 heavy (non-hydrogen) atoms. The van der Waals surface area contributed by atoms with Gasteiger partial charge < -0.3 is 10.3 Å². The van der Waals surface area contributed by atoms with Crippen LogP contribution in [0.3, 0.4) is 0 Å². The predicted octanol–water partition coefficient (Wildman–Crippen LogP) is 6.89. The third-order valence-corrected chi connectivity index (χ3v) is 5.86. The first-order valence-electron chi connectivity index (χ1n) is 9.90. The molecule has 2 aromatic heterocycles. The van der Waals surface area contributed by atoms with Crippen molar-refractivity contribution in [2.24, 2.45) is 0 Å². The molecule has 0 unspecified atom stereocenters. The topological polar surface area (TPSA) is 57.8 Å². The fourth-order valence-corrected chi connectivity index (χ4v) is 3.94. The number of aromatic amines is 1. The summed E-state index contributed by atoms with van der Waals surface area (Å²) < 4.78 is 40.2. The van der Waals surface area contributed by atoms with Gasteiger partial charge in [-0.05, 0) is 64.2 Å². The number of amides is 1. The van der Waals surface area contributed by atoms with E-state index in [0.717, 1.165) is 38.3 Å². The van der Waals surface area contributed by atoms with Gasteiger partial charge in [0.05, 0.1) is 5.56 Å². The van der Waals surface area contributed by atoms with Gasteiger partial charge in [0.25, 0.3) is 0 Å². The molecule has 2 heterocycles. The first-order chi connectivity index (χ1) is 15.2. The summed E-state index contributed by atoms with van der Waals surface area (Å²) in [5.74, 6) is -0.341. The Balaban J connectivity index is 1.44. The van der Waals surface area contributed by atoms with Gasteiger partial charge >= 0.3 is 6.18 Å². The van der Waals surface area contributed by atoms with Gasteiger partial charge in [0.2, 0.25) is 5.91 Å². The number of hydrogen-bond acceptors (Lipinski definition) is 2. The van der Waals surface area contributed by atoms with Crippen LogP contribution in [0, 0.1) is 6.92 Å². The van der Waals surface area contributed by atoms with Crippen LogP contribution in [0.5, 0.6) is 0 Å². The predicted molar refractivity (Wildman–Crippen MR) is 122 cm³/mol. The molecule has 8 heteroatoms. The highest BCUT2D eigenvalue weighted by Gasteiger charge is 2.32. The number of nitrogens with zero attached hydrogens (tertiary/aromatic N) is 1. The van der Waals surface area contributed by atoms with Crippen molar-refractivity contribution in [2.45, 2.75) is 25.9 Å². The number of halogens is 4. The molecule has 0 saturated heterocycles. The van der Waals surface area contributed by atoms with E-state index in [1.165, 1.54) is 19.1 Å². The Morgan fingerprint density at radius 3 is 2.72 bits per heavy atom. The normalized spacial score (nSPS) is 11.7. The molecule has 2 aromatic carbocycles. The van der Waals surface area contributed by atoms with E-state index in [4.69, 9.17) is 0 Å². The van der Waals surface area contributed by atoms with Crippen LogP contribution in [0.25, 0.3) is 22.2 Å². The zero-order valence-electron chi connectivity index (χ0n) is 17.1. The second-order valence-corrected chi connectivity index (χ2v) is 8.39. The minimum Gasteiger partial charge on any atom is -0.345 e. The van der Waals surface area contributed by atoms with Crippen molar-refractivity contribution in [3.05, 3.63) is 82.1 Å². The fraction of sp³-hybridized carbons (Fsp3) is 0.167. The molecular weight excluding hydrogens is 483 g/mol. The molecule has 4 rings (SSSR count). The largest absolute Gasteiger partial charge is 0.416 e. The number of pyridine rings is 1. The number of fused-ring (bicyclic) bond motifs is 1. The number of hydrogen-bond donors (Lipinski definition) is 2. The number of carbonyl (C=O) groups is 1. The summed E-state index contributed by atoms with van der Waals surface area (Å²) >= 11 is 3.50. The van der Waals surface area contributed by atoms with E-state index >= 15 is 0 Å².